The molecule has 2 heterocycles. The summed E-state index contributed by atoms with van der Waals surface area (Å²) in [5, 5.41) is 4.47. The van der Waals surface area contributed by atoms with Gasteiger partial charge in [-0.2, -0.15) is 0 Å². The smallest absolute Gasteiger partial charge is 0.161 e. The molecular formula is C52H36N4O. The molecule has 0 unspecified atom stereocenters. The third kappa shape index (κ3) is 6.31. The molecule has 0 atom stereocenters. The molecule has 0 fully saturated rings. The van der Waals surface area contributed by atoms with Crippen molar-refractivity contribution in [2.75, 3.05) is 0 Å². The van der Waals surface area contributed by atoms with Crippen molar-refractivity contribution >= 4 is 62.1 Å². The Morgan fingerprint density at radius 2 is 1.11 bits per heavy atom. The van der Waals surface area contributed by atoms with Gasteiger partial charge in [-0.05, 0) is 77.0 Å². The lowest BCUT2D eigenvalue weighted by Crippen LogP contribution is -2.06. The molecule has 5 nitrogen and oxygen atoms in total. The predicted octanol–water partition coefficient (Wildman–Crippen LogP) is 13.1. The zero-order chi connectivity index (χ0) is 38.1. The van der Waals surface area contributed by atoms with E-state index in [0.717, 1.165) is 66.5 Å². The Bertz CT molecular complexity index is 3160. The number of amidine groups is 2. The van der Waals surface area contributed by atoms with E-state index in [0.29, 0.717) is 18.2 Å². The fraction of sp³-hybridized carbons (Fsp3) is 0.0192. The summed E-state index contributed by atoms with van der Waals surface area (Å²) in [5.74, 6) is 1.04. The average Bonchev–Trinajstić information content (AvgIpc) is 3.82. The van der Waals surface area contributed by atoms with Crippen molar-refractivity contribution in [3.63, 3.8) is 0 Å². The third-order valence-corrected chi connectivity index (χ3v) is 10.6. The molecule has 0 aliphatic carbocycles. The van der Waals surface area contributed by atoms with Gasteiger partial charge in [-0.25, -0.2) is 9.98 Å². The summed E-state index contributed by atoms with van der Waals surface area (Å²) < 4.78 is 9.07. The molecule has 0 radical (unpaired) electrons. The highest BCUT2D eigenvalue weighted by molar-refractivity contribution is 6.17. The fourth-order valence-corrected chi connectivity index (χ4v) is 7.87. The van der Waals surface area contributed by atoms with Gasteiger partial charge >= 0.3 is 0 Å². The topological polar surface area (TPSA) is 55.1 Å². The summed E-state index contributed by atoms with van der Waals surface area (Å²) in [6.45, 7) is 4.38. The van der Waals surface area contributed by atoms with E-state index >= 15 is 0 Å². The van der Waals surface area contributed by atoms with Crippen LogP contribution in [0.4, 0.5) is 0 Å². The highest BCUT2D eigenvalue weighted by Gasteiger charge is 2.19. The summed E-state index contributed by atoms with van der Waals surface area (Å²) >= 11 is 0. The van der Waals surface area contributed by atoms with E-state index in [4.69, 9.17) is 14.4 Å². The normalized spacial score (nSPS) is 12.2. The molecule has 0 bridgehead atoms. The van der Waals surface area contributed by atoms with Gasteiger partial charge in [0.1, 0.15) is 11.2 Å². The van der Waals surface area contributed by atoms with Crippen molar-refractivity contribution in [3.05, 3.63) is 211 Å². The van der Waals surface area contributed by atoms with Gasteiger partial charge in [-0.1, -0.05) is 152 Å². The van der Waals surface area contributed by atoms with Gasteiger partial charge < -0.3 is 8.98 Å². The van der Waals surface area contributed by atoms with Crippen LogP contribution in [0.15, 0.2) is 214 Å². The Kier molecular flexibility index (Phi) is 8.65. The van der Waals surface area contributed by atoms with E-state index in [1.165, 1.54) is 21.9 Å². The van der Waals surface area contributed by atoms with E-state index < -0.39 is 0 Å². The van der Waals surface area contributed by atoms with Gasteiger partial charge in [0.25, 0.3) is 0 Å². The van der Waals surface area contributed by atoms with Gasteiger partial charge in [0, 0.05) is 27.3 Å². The first-order valence-electron chi connectivity index (χ1n) is 19.1. The van der Waals surface area contributed by atoms with Crippen LogP contribution in [0.25, 0.3) is 71.7 Å². The predicted molar refractivity (Wildman–Crippen MR) is 238 cm³/mol. The summed E-state index contributed by atoms with van der Waals surface area (Å²) in [6, 6.07) is 67.2. The Labute approximate surface area is 330 Å². The highest BCUT2D eigenvalue weighted by Crippen LogP contribution is 2.40. The molecule has 10 rings (SSSR count). The number of nitrogens with zero attached hydrogens (tertiary/aromatic N) is 4. The summed E-state index contributed by atoms with van der Waals surface area (Å²) in [6.07, 6.45) is 0. The molecule has 0 N–H and O–H groups in total. The van der Waals surface area contributed by atoms with Crippen molar-refractivity contribution in [1.29, 1.82) is 0 Å². The number of benzene rings is 8. The fourth-order valence-electron chi connectivity index (χ4n) is 7.87. The molecular weight excluding hydrogens is 697 g/mol. The second-order valence-corrected chi connectivity index (χ2v) is 14.1. The molecule has 5 heteroatoms. The quantitative estimate of drug-likeness (QED) is 0.119. The molecule has 0 spiro atoms. The maximum atomic E-state index is 6.69. The average molecular weight is 733 g/mol. The molecule has 0 saturated heterocycles. The molecule has 8 aromatic carbocycles. The van der Waals surface area contributed by atoms with E-state index in [1.54, 1.807) is 0 Å². The van der Waals surface area contributed by atoms with Gasteiger partial charge in [-0.15, -0.1) is 0 Å². The van der Waals surface area contributed by atoms with Gasteiger partial charge in [-0.3, -0.25) is 4.99 Å². The van der Waals surface area contributed by atoms with Gasteiger partial charge in [0.05, 0.1) is 28.7 Å². The Morgan fingerprint density at radius 3 is 1.88 bits per heavy atom. The minimum atomic E-state index is 0.454. The van der Waals surface area contributed by atoms with Crippen LogP contribution in [0.5, 0.6) is 0 Å². The standard InChI is InChI=1S/C52H36N4O/c1-53-51(40-22-13-21-38(31-40)36-17-7-3-8-18-36)55-52(54-34-35-15-5-2-6-16-35)41-28-30-44-49(33-41)57-48-26-14-25-46(50(44)48)56-45-24-12-11-23-42(45)43-29-27-39(32-47(43)56)37-19-9-4-10-20-37/h2-33H,1,34H2/b54-52-,55-51-. The number of furan rings is 1. The Morgan fingerprint density at radius 1 is 0.474 bits per heavy atom. The molecule has 0 saturated carbocycles. The van der Waals surface area contributed by atoms with Crippen LogP contribution in [0.3, 0.4) is 0 Å². The van der Waals surface area contributed by atoms with Crippen LogP contribution in [0.2, 0.25) is 0 Å². The van der Waals surface area contributed by atoms with E-state index in [2.05, 4.69) is 150 Å². The summed E-state index contributed by atoms with van der Waals surface area (Å²) in [7, 11) is 0. The SMILES string of the molecule is C=N/C(=N\C(=N/Cc1ccccc1)c1ccc2c(c1)oc1cccc(-n3c4ccccc4c4ccc(-c5ccccc5)cc43)c12)c1cccc(-c2ccccc2)c1. The molecule has 57 heavy (non-hydrogen) atoms. The van der Waals surface area contributed by atoms with Crippen molar-refractivity contribution < 1.29 is 4.42 Å². The second kappa shape index (κ2) is 14.5. The lowest BCUT2D eigenvalue weighted by Gasteiger charge is -2.11. The number of aromatic nitrogens is 1. The number of hydrogen-bond acceptors (Lipinski definition) is 2. The van der Waals surface area contributed by atoms with Crippen LogP contribution in [0, 0.1) is 0 Å². The largest absolute Gasteiger partial charge is 0.456 e. The summed E-state index contributed by atoms with van der Waals surface area (Å²) in [4.78, 5) is 14.6. The Balaban J connectivity index is 1.12. The molecule has 2 aromatic heterocycles. The maximum Gasteiger partial charge on any atom is 0.161 e. The van der Waals surface area contributed by atoms with Crippen LogP contribution < -0.4 is 0 Å². The van der Waals surface area contributed by atoms with E-state index in [9.17, 15) is 0 Å². The first kappa shape index (κ1) is 33.9. The number of para-hydroxylation sites is 1. The lowest BCUT2D eigenvalue weighted by molar-refractivity contribution is 0.668. The highest BCUT2D eigenvalue weighted by atomic mass is 16.3. The first-order chi connectivity index (χ1) is 28.2. The molecule has 0 aliphatic heterocycles. The van der Waals surface area contributed by atoms with Crippen LogP contribution in [-0.2, 0) is 6.54 Å². The monoisotopic (exact) mass is 732 g/mol. The van der Waals surface area contributed by atoms with Crippen molar-refractivity contribution in [2.24, 2.45) is 15.0 Å². The second-order valence-electron chi connectivity index (χ2n) is 14.1. The van der Waals surface area contributed by atoms with Crippen LogP contribution in [-0.4, -0.2) is 23.0 Å². The molecule has 270 valence electrons. The van der Waals surface area contributed by atoms with Crippen molar-refractivity contribution in [1.82, 2.24) is 4.57 Å². The van der Waals surface area contributed by atoms with E-state index in [1.807, 2.05) is 60.7 Å². The zero-order valence-electron chi connectivity index (χ0n) is 31.1. The molecule has 0 aliphatic rings. The number of fused-ring (bicyclic) bond motifs is 6. The van der Waals surface area contributed by atoms with E-state index in [-0.39, 0.29) is 0 Å². The van der Waals surface area contributed by atoms with Crippen LogP contribution in [0.1, 0.15) is 16.7 Å². The van der Waals surface area contributed by atoms with Crippen molar-refractivity contribution in [3.8, 4) is 27.9 Å². The minimum Gasteiger partial charge on any atom is -0.456 e. The number of aliphatic imine (C=N–C) groups is 3. The third-order valence-electron chi connectivity index (χ3n) is 10.6. The Hall–Kier alpha value is -7.63. The maximum absolute atomic E-state index is 6.69. The van der Waals surface area contributed by atoms with Crippen molar-refractivity contribution in [2.45, 2.75) is 6.54 Å². The molecule has 10 aromatic rings. The zero-order valence-corrected chi connectivity index (χ0v) is 31.1. The molecule has 0 amide bonds. The van der Waals surface area contributed by atoms with Gasteiger partial charge in [0.2, 0.25) is 0 Å². The minimum absolute atomic E-state index is 0.454. The first-order valence-corrected chi connectivity index (χ1v) is 19.1. The summed E-state index contributed by atoms with van der Waals surface area (Å²) in [5.41, 5.74) is 12.2. The van der Waals surface area contributed by atoms with Crippen LogP contribution >= 0.6 is 0 Å². The lowest BCUT2D eigenvalue weighted by atomic mass is 10.0. The number of rotatable bonds is 7. The number of hydrogen-bond donors (Lipinski definition) is 0. The van der Waals surface area contributed by atoms with Gasteiger partial charge in [0.15, 0.2) is 11.7 Å².